The van der Waals surface area contributed by atoms with Crippen LogP contribution in [0.25, 0.3) is 0 Å². The smallest absolute Gasteiger partial charge is 0.143 e. The summed E-state index contributed by atoms with van der Waals surface area (Å²) >= 11 is 0. The Hall–Kier alpha value is -1.29. The lowest BCUT2D eigenvalue weighted by Gasteiger charge is -2.36. The normalized spacial score (nSPS) is 17.9. The van der Waals surface area contributed by atoms with E-state index < -0.39 is 11.6 Å². The highest BCUT2D eigenvalue weighted by Gasteiger charge is 2.38. The molecule has 2 rings (SSSR count). The van der Waals surface area contributed by atoms with E-state index in [0.717, 1.165) is 57.0 Å². The fourth-order valence-electron chi connectivity index (χ4n) is 3.09. The first-order chi connectivity index (χ1) is 9.57. The van der Waals surface area contributed by atoms with E-state index in [9.17, 15) is 13.6 Å². The molecule has 110 valence electrons. The van der Waals surface area contributed by atoms with Crippen molar-refractivity contribution in [2.45, 2.75) is 39.0 Å². The summed E-state index contributed by atoms with van der Waals surface area (Å²) in [5.41, 5.74) is -0.192. The minimum absolute atomic E-state index is 0.0103. The molecule has 0 amide bonds. The Balaban J connectivity index is 2.18. The van der Waals surface area contributed by atoms with Crippen LogP contribution in [0.15, 0.2) is 18.2 Å². The van der Waals surface area contributed by atoms with E-state index in [-0.39, 0.29) is 23.2 Å². The van der Waals surface area contributed by atoms with Crippen LogP contribution in [-0.4, -0.2) is 18.9 Å². The van der Waals surface area contributed by atoms with Gasteiger partial charge < -0.3 is 5.32 Å². The summed E-state index contributed by atoms with van der Waals surface area (Å²) in [5.74, 6) is -0.949. The summed E-state index contributed by atoms with van der Waals surface area (Å²) in [7, 11) is 0. The van der Waals surface area contributed by atoms with Crippen molar-refractivity contribution in [2.75, 3.05) is 13.1 Å². The van der Waals surface area contributed by atoms with Gasteiger partial charge in [0, 0.05) is 11.8 Å². The topological polar surface area (TPSA) is 29.1 Å². The summed E-state index contributed by atoms with van der Waals surface area (Å²) in [6.07, 6.45) is 3.32. The fourth-order valence-corrected chi connectivity index (χ4v) is 3.09. The van der Waals surface area contributed by atoms with Crippen LogP contribution in [0.5, 0.6) is 0 Å². The largest absolute Gasteiger partial charge is 0.317 e. The van der Waals surface area contributed by atoms with Crippen LogP contribution in [0.1, 0.15) is 38.2 Å². The quantitative estimate of drug-likeness (QED) is 0.897. The van der Waals surface area contributed by atoms with E-state index >= 15 is 0 Å². The maximum absolute atomic E-state index is 13.7. The number of halogens is 2. The second kappa shape index (κ2) is 6.44. The van der Waals surface area contributed by atoms with Gasteiger partial charge in [-0.3, -0.25) is 4.79 Å². The SMILES string of the molecule is CCCC1(C(=O)Cc2cc(F)ccc2F)CCNCC1. The molecule has 0 spiro atoms. The molecule has 0 atom stereocenters. The lowest BCUT2D eigenvalue weighted by Crippen LogP contribution is -2.42. The summed E-state index contributed by atoms with van der Waals surface area (Å²) in [6.45, 7) is 3.69. The monoisotopic (exact) mass is 281 g/mol. The third kappa shape index (κ3) is 3.23. The number of hydrogen-bond acceptors (Lipinski definition) is 2. The number of hydrogen-bond donors (Lipinski definition) is 1. The van der Waals surface area contributed by atoms with E-state index in [1.165, 1.54) is 0 Å². The molecule has 1 fully saturated rings. The van der Waals surface area contributed by atoms with Crippen LogP contribution in [0, 0.1) is 17.0 Å². The third-order valence-corrected chi connectivity index (χ3v) is 4.24. The lowest BCUT2D eigenvalue weighted by atomic mass is 9.70. The van der Waals surface area contributed by atoms with Crippen molar-refractivity contribution in [2.24, 2.45) is 5.41 Å². The highest BCUT2D eigenvalue weighted by molar-refractivity contribution is 5.87. The van der Waals surface area contributed by atoms with Gasteiger partial charge in [0.2, 0.25) is 0 Å². The first-order valence-corrected chi connectivity index (χ1v) is 7.25. The molecule has 20 heavy (non-hydrogen) atoms. The van der Waals surface area contributed by atoms with Crippen LogP contribution >= 0.6 is 0 Å². The van der Waals surface area contributed by atoms with E-state index in [0.29, 0.717) is 0 Å². The summed E-state index contributed by atoms with van der Waals surface area (Å²) in [6, 6.07) is 3.30. The summed E-state index contributed by atoms with van der Waals surface area (Å²) < 4.78 is 26.9. The minimum Gasteiger partial charge on any atom is -0.317 e. The Labute approximate surface area is 118 Å². The summed E-state index contributed by atoms with van der Waals surface area (Å²) in [4.78, 5) is 12.6. The van der Waals surface area contributed by atoms with Crippen molar-refractivity contribution < 1.29 is 13.6 Å². The number of carbonyl (C=O) groups is 1. The van der Waals surface area contributed by atoms with E-state index in [1.807, 2.05) is 0 Å². The van der Waals surface area contributed by atoms with Crippen molar-refractivity contribution in [3.8, 4) is 0 Å². The molecular weight excluding hydrogens is 260 g/mol. The Morgan fingerprint density at radius 2 is 2.00 bits per heavy atom. The zero-order chi connectivity index (χ0) is 14.6. The van der Waals surface area contributed by atoms with Crippen LogP contribution in [0.3, 0.4) is 0 Å². The predicted octanol–water partition coefficient (Wildman–Crippen LogP) is 3.25. The van der Waals surface area contributed by atoms with Crippen molar-refractivity contribution in [3.05, 3.63) is 35.4 Å². The van der Waals surface area contributed by atoms with Gasteiger partial charge in [-0.05, 0) is 56.1 Å². The first kappa shape index (κ1) is 15.1. The third-order valence-electron chi connectivity index (χ3n) is 4.24. The number of rotatable bonds is 5. The Kier molecular flexibility index (Phi) is 4.86. The molecule has 0 unspecified atom stereocenters. The van der Waals surface area contributed by atoms with Crippen molar-refractivity contribution in [3.63, 3.8) is 0 Å². The van der Waals surface area contributed by atoms with E-state index in [4.69, 9.17) is 0 Å². The Morgan fingerprint density at radius 1 is 1.30 bits per heavy atom. The van der Waals surface area contributed by atoms with Crippen LogP contribution < -0.4 is 5.32 Å². The molecule has 1 aromatic carbocycles. The number of piperidine rings is 1. The molecule has 0 aliphatic carbocycles. The second-order valence-electron chi connectivity index (χ2n) is 5.62. The molecule has 0 bridgehead atoms. The number of Topliss-reactive ketones (excluding diaryl/α,β-unsaturated/α-hetero) is 1. The van der Waals surface area contributed by atoms with Crippen LogP contribution in [-0.2, 0) is 11.2 Å². The van der Waals surface area contributed by atoms with Gasteiger partial charge in [-0.2, -0.15) is 0 Å². The standard InChI is InChI=1S/C16H21F2NO/c1-2-5-16(6-8-19-9-7-16)15(20)11-12-10-13(17)3-4-14(12)18/h3-4,10,19H,2,5-9,11H2,1H3. The summed E-state index contributed by atoms with van der Waals surface area (Å²) in [5, 5.41) is 3.25. The van der Waals surface area contributed by atoms with Crippen molar-refractivity contribution in [1.29, 1.82) is 0 Å². The van der Waals surface area contributed by atoms with Crippen molar-refractivity contribution in [1.82, 2.24) is 5.32 Å². The maximum Gasteiger partial charge on any atom is 0.143 e. The lowest BCUT2D eigenvalue weighted by molar-refractivity contribution is -0.130. The first-order valence-electron chi connectivity index (χ1n) is 7.25. The molecule has 1 N–H and O–H groups in total. The molecule has 1 aromatic rings. The van der Waals surface area contributed by atoms with E-state index in [1.54, 1.807) is 0 Å². The predicted molar refractivity (Wildman–Crippen MR) is 74.5 cm³/mol. The zero-order valence-corrected chi connectivity index (χ0v) is 11.8. The Morgan fingerprint density at radius 3 is 2.65 bits per heavy atom. The molecule has 0 radical (unpaired) electrons. The molecule has 2 nitrogen and oxygen atoms in total. The van der Waals surface area contributed by atoms with Crippen LogP contribution in [0.2, 0.25) is 0 Å². The van der Waals surface area contributed by atoms with Crippen molar-refractivity contribution >= 4 is 5.78 Å². The molecule has 0 aromatic heterocycles. The number of ketones is 1. The molecule has 0 saturated carbocycles. The van der Waals surface area contributed by atoms with Gasteiger partial charge in [-0.25, -0.2) is 8.78 Å². The van der Waals surface area contributed by atoms with Gasteiger partial charge in [0.15, 0.2) is 0 Å². The van der Waals surface area contributed by atoms with E-state index in [2.05, 4.69) is 12.2 Å². The molecular formula is C16H21F2NO. The highest BCUT2D eigenvalue weighted by Crippen LogP contribution is 2.36. The van der Waals surface area contributed by atoms with Gasteiger partial charge in [-0.1, -0.05) is 13.3 Å². The van der Waals surface area contributed by atoms with Gasteiger partial charge >= 0.3 is 0 Å². The molecule has 1 saturated heterocycles. The van der Waals surface area contributed by atoms with Gasteiger partial charge in [0.1, 0.15) is 17.4 Å². The average molecular weight is 281 g/mol. The van der Waals surface area contributed by atoms with Gasteiger partial charge in [0.25, 0.3) is 0 Å². The molecule has 1 heterocycles. The van der Waals surface area contributed by atoms with Gasteiger partial charge in [-0.15, -0.1) is 0 Å². The zero-order valence-electron chi connectivity index (χ0n) is 11.8. The minimum atomic E-state index is -0.500. The molecule has 4 heteroatoms. The number of carbonyl (C=O) groups excluding carboxylic acids is 1. The van der Waals surface area contributed by atoms with Crippen LogP contribution in [0.4, 0.5) is 8.78 Å². The Bertz CT molecular complexity index is 476. The maximum atomic E-state index is 13.7. The highest BCUT2D eigenvalue weighted by atomic mass is 19.1. The average Bonchev–Trinajstić information content (AvgIpc) is 2.44. The van der Waals surface area contributed by atoms with Gasteiger partial charge in [0.05, 0.1) is 0 Å². The number of benzene rings is 1. The molecule has 1 aliphatic rings. The second-order valence-corrected chi connectivity index (χ2v) is 5.62. The number of nitrogens with one attached hydrogen (secondary N) is 1. The fraction of sp³-hybridized carbons (Fsp3) is 0.562. The molecule has 1 aliphatic heterocycles.